The number of rotatable bonds is 7. The van der Waals surface area contributed by atoms with Crippen molar-refractivity contribution in [2.45, 2.75) is 19.5 Å². The number of carboxylic acid groups (broad SMARTS) is 1. The van der Waals surface area contributed by atoms with Gasteiger partial charge in [-0.05, 0) is 23.8 Å². The Labute approximate surface area is 151 Å². The van der Waals surface area contributed by atoms with E-state index in [9.17, 15) is 9.59 Å². The van der Waals surface area contributed by atoms with Gasteiger partial charge in [0.25, 0.3) is 5.91 Å². The number of anilines is 1. The van der Waals surface area contributed by atoms with Crippen molar-refractivity contribution in [1.82, 2.24) is 9.78 Å². The van der Waals surface area contributed by atoms with E-state index in [0.717, 1.165) is 11.3 Å². The first-order valence-electron chi connectivity index (χ1n) is 8.29. The number of aryl methyl sites for hydroxylation is 1. The van der Waals surface area contributed by atoms with Gasteiger partial charge in [-0.25, -0.2) is 0 Å². The van der Waals surface area contributed by atoms with Crippen LogP contribution in [0.4, 0.5) is 5.69 Å². The highest BCUT2D eigenvalue weighted by Crippen LogP contribution is 2.19. The average molecular weight is 349 g/mol. The third-order valence-corrected chi connectivity index (χ3v) is 3.91. The van der Waals surface area contributed by atoms with Crippen molar-refractivity contribution in [3.05, 3.63) is 84.2 Å². The topological polar surface area (TPSA) is 75.4 Å². The lowest BCUT2D eigenvalue weighted by Crippen LogP contribution is -2.30. The van der Waals surface area contributed by atoms with Gasteiger partial charge in [-0.1, -0.05) is 48.5 Å². The van der Waals surface area contributed by atoms with E-state index in [1.165, 1.54) is 4.68 Å². The van der Waals surface area contributed by atoms with Crippen molar-refractivity contribution >= 4 is 17.6 Å². The van der Waals surface area contributed by atoms with E-state index in [1.54, 1.807) is 17.2 Å². The number of nitrogens with zero attached hydrogens (tertiary/aromatic N) is 3. The molecule has 1 N–H and O–H groups in total. The van der Waals surface area contributed by atoms with Crippen LogP contribution in [0.15, 0.2) is 72.9 Å². The van der Waals surface area contributed by atoms with Gasteiger partial charge < -0.3 is 10.0 Å². The van der Waals surface area contributed by atoms with Gasteiger partial charge in [0.2, 0.25) is 0 Å². The molecule has 1 aromatic heterocycles. The maximum absolute atomic E-state index is 13.0. The number of para-hydroxylation sites is 1. The summed E-state index contributed by atoms with van der Waals surface area (Å²) in [6.07, 6.45) is 1.59. The minimum atomic E-state index is -0.900. The lowest BCUT2D eigenvalue weighted by molar-refractivity contribution is -0.137. The van der Waals surface area contributed by atoms with Gasteiger partial charge in [0.15, 0.2) is 5.69 Å². The van der Waals surface area contributed by atoms with Gasteiger partial charge in [-0.3, -0.25) is 14.3 Å². The summed E-state index contributed by atoms with van der Waals surface area (Å²) in [5.41, 5.74) is 2.08. The predicted octanol–water partition coefficient (Wildman–Crippen LogP) is 3.20. The van der Waals surface area contributed by atoms with E-state index in [1.807, 2.05) is 60.7 Å². The molecule has 1 heterocycles. The van der Waals surface area contributed by atoms with Crippen LogP contribution in [0.25, 0.3) is 0 Å². The Balaban J connectivity index is 1.84. The Bertz CT molecular complexity index is 876. The number of carbonyl (C=O) groups is 2. The van der Waals surface area contributed by atoms with Crippen LogP contribution < -0.4 is 4.90 Å². The zero-order valence-electron chi connectivity index (χ0n) is 14.2. The zero-order chi connectivity index (χ0) is 18.4. The molecule has 0 radical (unpaired) electrons. The number of carboxylic acids is 1. The maximum Gasteiger partial charge on any atom is 0.305 e. The fourth-order valence-corrected chi connectivity index (χ4v) is 2.60. The molecule has 26 heavy (non-hydrogen) atoms. The third kappa shape index (κ3) is 4.36. The van der Waals surface area contributed by atoms with Crippen molar-refractivity contribution in [1.29, 1.82) is 0 Å². The number of hydrogen-bond acceptors (Lipinski definition) is 3. The number of amides is 1. The van der Waals surface area contributed by atoms with Crippen LogP contribution in [0.3, 0.4) is 0 Å². The quantitative estimate of drug-likeness (QED) is 0.711. The van der Waals surface area contributed by atoms with Crippen LogP contribution >= 0.6 is 0 Å². The average Bonchev–Trinajstić information content (AvgIpc) is 3.14. The first-order chi connectivity index (χ1) is 12.6. The maximum atomic E-state index is 13.0. The van der Waals surface area contributed by atoms with Crippen LogP contribution in [-0.2, 0) is 17.9 Å². The molecule has 0 unspecified atom stereocenters. The van der Waals surface area contributed by atoms with Crippen molar-refractivity contribution in [3.63, 3.8) is 0 Å². The SMILES string of the molecule is O=C(O)CCn1ccc(C(=O)N(Cc2ccccc2)c2ccccc2)n1. The van der Waals surface area contributed by atoms with E-state index in [-0.39, 0.29) is 24.6 Å². The largest absolute Gasteiger partial charge is 0.481 e. The number of hydrogen-bond donors (Lipinski definition) is 1. The van der Waals surface area contributed by atoms with E-state index in [2.05, 4.69) is 5.10 Å². The summed E-state index contributed by atoms with van der Waals surface area (Å²) in [4.78, 5) is 25.4. The van der Waals surface area contributed by atoms with Gasteiger partial charge in [0.05, 0.1) is 19.5 Å². The molecule has 0 atom stereocenters. The Morgan fingerprint density at radius 2 is 1.62 bits per heavy atom. The molecule has 0 fully saturated rings. The standard InChI is InChI=1S/C20H19N3O3/c24-19(25)12-14-22-13-11-18(21-22)20(26)23(17-9-5-2-6-10-17)15-16-7-3-1-4-8-16/h1-11,13H,12,14-15H2,(H,24,25). The van der Waals surface area contributed by atoms with Crippen LogP contribution in [0.5, 0.6) is 0 Å². The molecule has 3 aromatic rings. The Morgan fingerprint density at radius 3 is 2.27 bits per heavy atom. The molecular formula is C20H19N3O3. The lowest BCUT2D eigenvalue weighted by atomic mass is 10.2. The Kier molecular flexibility index (Phi) is 5.43. The highest BCUT2D eigenvalue weighted by molar-refractivity contribution is 6.04. The van der Waals surface area contributed by atoms with Crippen molar-refractivity contribution in [2.75, 3.05) is 4.90 Å². The van der Waals surface area contributed by atoms with Crippen molar-refractivity contribution in [2.24, 2.45) is 0 Å². The van der Waals surface area contributed by atoms with Gasteiger partial charge in [-0.2, -0.15) is 5.10 Å². The molecule has 2 aromatic carbocycles. The second kappa shape index (κ2) is 8.11. The fourth-order valence-electron chi connectivity index (χ4n) is 2.60. The van der Waals surface area contributed by atoms with E-state index >= 15 is 0 Å². The summed E-state index contributed by atoms with van der Waals surface area (Å²) in [6.45, 7) is 0.651. The molecule has 132 valence electrons. The molecule has 0 aliphatic rings. The summed E-state index contributed by atoms with van der Waals surface area (Å²) in [5.74, 6) is -1.13. The normalized spacial score (nSPS) is 10.5. The van der Waals surface area contributed by atoms with Gasteiger partial charge in [0.1, 0.15) is 0 Å². The number of carbonyl (C=O) groups excluding carboxylic acids is 1. The molecule has 0 saturated heterocycles. The summed E-state index contributed by atoms with van der Waals surface area (Å²) in [6, 6.07) is 20.8. The molecule has 0 bridgehead atoms. The minimum absolute atomic E-state index is 0.0400. The summed E-state index contributed by atoms with van der Waals surface area (Å²) >= 11 is 0. The highest BCUT2D eigenvalue weighted by atomic mass is 16.4. The van der Waals surface area contributed by atoms with Crippen LogP contribution in [0.1, 0.15) is 22.5 Å². The second-order valence-corrected chi connectivity index (χ2v) is 5.82. The van der Waals surface area contributed by atoms with E-state index < -0.39 is 5.97 Å². The van der Waals surface area contributed by atoms with E-state index in [0.29, 0.717) is 6.54 Å². The minimum Gasteiger partial charge on any atom is -0.481 e. The molecule has 6 nitrogen and oxygen atoms in total. The van der Waals surface area contributed by atoms with Gasteiger partial charge >= 0.3 is 5.97 Å². The first kappa shape index (κ1) is 17.4. The molecule has 1 amide bonds. The van der Waals surface area contributed by atoms with Crippen LogP contribution in [0, 0.1) is 0 Å². The molecule has 0 saturated carbocycles. The second-order valence-electron chi connectivity index (χ2n) is 5.82. The van der Waals surface area contributed by atoms with Crippen molar-refractivity contribution in [3.8, 4) is 0 Å². The smallest absolute Gasteiger partial charge is 0.305 e. The first-order valence-corrected chi connectivity index (χ1v) is 8.29. The summed E-state index contributed by atoms with van der Waals surface area (Å²) < 4.78 is 1.48. The van der Waals surface area contributed by atoms with Crippen molar-refractivity contribution < 1.29 is 14.7 Å². The third-order valence-electron chi connectivity index (χ3n) is 3.91. The van der Waals surface area contributed by atoms with Crippen LogP contribution in [0.2, 0.25) is 0 Å². The molecule has 6 heteroatoms. The lowest BCUT2D eigenvalue weighted by Gasteiger charge is -2.22. The molecule has 0 aliphatic heterocycles. The zero-order valence-corrected chi connectivity index (χ0v) is 14.2. The summed E-state index contributed by atoms with van der Waals surface area (Å²) in [7, 11) is 0. The highest BCUT2D eigenvalue weighted by Gasteiger charge is 2.20. The predicted molar refractivity (Wildman–Crippen MR) is 97.9 cm³/mol. The van der Waals surface area contributed by atoms with Gasteiger partial charge in [0, 0.05) is 11.9 Å². The number of aliphatic carboxylic acids is 1. The fraction of sp³-hybridized carbons (Fsp3) is 0.150. The monoisotopic (exact) mass is 349 g/mol. The molecule has 3 rings (SSSR count). The molecular weight excluding hydrogens is 330 g/mol. The number of aromatic nitrogens is 2. The summed E-state index contributed by atoms with van der Waals surface area (Å²) in [5, 5.41) is 13.0. The Morgan fingerprint density at radius 1 is 0.962 bits per heavy atom. The molecule has 0 spiro atoms. The van der Waals surface area contributed by atoms with Crippen LogP contribution in [-0.4, -0.2) is 26.8 Å². The molecule has 0 aliphatic carbocycles. The number of benzene rings is 2. The van der Waals surface area contributed by atoms with Gasteiger partial charge in [-0.15, -0.1) is 0 Å². The van der Waals surface area contributed by atoms with E-state index in [4.69, 9.17) is 5.11 Å². The Hall–Kier alpha value is -3.41.